The first-order valence-electron chi connectivity index (χ1n) is 7.26. The Labute approximate surface area is 135 Å². The topological polar surface area (TPSA) is 75.7 Å². The molecule has 1 saturated heterocycles. The maximum absolute atomic E-state index is 12.6. The summed E-state index contributed by atoms with van der Waals surface area (Å²) < 4.78 is 32.9. The van der Waals surface area contributed by atoms with Gasteiger partial charge >= 0.3 is 0 Å². The second kappa shape index (κ2) is 7.08. The largest absolute Gasteiger partial charge is 0.378 e. The molecular weight excluding hydrogens is 324 g/mol. The first-order chi connectivity index (χ1) is 10.3. The first kappa shape index (κ1) is 17.4. The number of nitrogens with zero attached hydrogens (tertiary/aromatic N) is 1. The zero-order valence-electron chi connectivity index (χ0n) is 13.0. The van der Waals surface area contributed by atoms with E-state index in [1.807, 2.05) is 20.8 Å². The standard InChI is InChI=1S/C14H22N2O4S2/c1-10(2)13(14(17)16-6-8-20-9-7-16)15-22(18,19)12-5-4-11(3)21-12/h4-5,10,13,15H,6-9H2,1-3H3/t13-/m0/s1. The van der Waals surface area contributed by atoms with Gasteiger partial charge in [-0.1, -0.05) is 13.8 Å². The highest BCUT2D eigenvalue weighted by Crippen LogP contribution is 2.22. The Morgan fingerprint density at radius 1 is 1.32 bits per heavy atom. The summed E-state index contributed by atoms with van der Waals surface area (Å²) in [6.07, 6.45) is 0. The fourth-order valence-corrected chi connectivity index (χ4v) is 4.87. The normalized spacial score (nSPS) is 17.7. The third-order valence-electron chi connectivity index (χ3n) is 3.52. The molecule has 22 heavy (non-hydrogen) atoms. The summed E-state index contributed by atoms with van der Waals surface area (Å²) in [4.78, 5) is 15.2. The summed E-state index contributed by atoms with van der Waals surface area (Å²) in [5.41, 5.74) is 0. The van der Waals surface area contributed by atoms with Gasteiger partial charge in [-0.3, -0.25) is 4.79 Å². The number of sulfonamides is 1. The molecule has 0 spiro atoms. The molecule has 1 amide bonds. The molecule has 0 aliphatic carbocycles. The summed E-state index contributed by atoms with van der Waals surface area (Å²) in [5, 5.41) is 0. The lowest BCUT2D eigenvalue weighted by molar-refractivity contribution is -0.138. The average Bonchev–Trinajstić information content (AvgIpc) is 2.92. The Morgan fingerprint density at radius 2 is 1.95 bits per heavy atom. The lowest BCUT2D eigenvalue weighted by atomic mass is 10.0. The van der Waals surface area contributed by atoms with Crippen molar-refractivity contribution in [3.63, 3.8) is 0 Å². The van der Waals surface area contributed by atoms with Crippen LogP contribution in [0.5, 0.6) is 0 Å². The average molecular weight is 346 g/mol. The molecule has 1 aromatic rings. The van der Waals surface area contributed by atoms with Crippen molar-refractivity contribution < 1.29 is 17.9 Å². The molecule has 1 aliphatic heterocycles. The summed E-state index contributed by atoms with van der Waals surface area (Å²) in [6.45, 7) is 7.52. The molecule has 6 nitrogen and oxygen atoms in total. The summed E-state index contributed by atoms with van der Waals surface area (Å²) in [7, 11) is -3.68. The quantitative estimate of drug-likeness (QED) is 0.870. The Balaban J connectivity index is 2.16. The number of nitrogens with one attached hydrogen (secondary N) is 1. The Kier molecular flexibility index (Phi) is 5.60. The van der Waals surface area contributed by atoms with Gasteiger partial charge in [0.15, 0.2) is 0 Å². The molecule has 2 rings (SSSR count). The minimum absolute atomic E-state index is 0.133. The van der Waals surface area contributed by atoms with Crippen molar-refractivity contribution in [2.24, 2.45) is 5.92 Å². The highest BCUT2D eigenvalue weighted by Gasteiger charge is 2.32. The maximum atomic E-state index is 12.6. The zero-order valence-corrected chi connectivity index (χ0v) is 14.7. The van der Waals surface area contributed by atoms with Crippen LogP contribution in [0.3, 0.4) is 0 Å². The fraction of sp³-hybridized carbons (Fsp3) is 0.643. The molecular formula is C14H22N2O4S2. The van der Waals surface area contributed by atoms with Gasteiger partial charge < -0.3 is 9.64 Å². The molecule has 0 radical (unpaired) electrons. The summed E-state index contributed by atoms with van der Waals surface area (Å²) in [5.74, 6) is -0.318. The van der Waals surface area contributed by atoms with Gasteiger partial charge in [-0.05, 0) is 25.0 Å². The summed E-state index contributed by atoms with van der Waals surface area (Å²) in [6, 6.07) is 2.57. The van der Waals surface area contributed by atoms with Crippen LogP contribution in [-0.2, 0) is 19.6 Å². The predicted molar refractivity (Wildman–Crippen MR) is 85.4 cm³/mol. The molecule has 1 N–H and O–H groups in total. The van der Waals surface area contributed by atoms with Crippen molar-refractivity contribution in [1.29, 1.82) is 0 Å². The van der Waals surface area contributed by atoms with Gasteiger partial charge in [-0.2, -0.15) is 4.72 Å². The van der Waals surface area contributed by atoms with Crippen LogP contribution in [0.25, 0.3) is 0 Å². The zero-order chi connectivity index (χ0) is 16.3. The van der Waals surface area contributed by atoms with Crippen LogP contribution < -0.4 is 4.72 Å². The van der Waals surface area contributed by atoms with E-state index >= 15 is 0 Å². The van der Waals surface area contributed by atoms with Crippen LogP contribution in [0.4, 0.5) is 0 Å². The van der Waals surface area contributed by atoms with Crippen molar-refractivity contribution in [1.82, 2.24) is 9.62 Å². The van der Waals surface area contributed by atoms with E-state index in [0.29, 0.717) is 26.3 Å². The van der Waals surface area contributed by atoms with Gasteiger partial charge in [-0.15, -0.1) is 11.3 Å². The van der Waals surface area contributed by atoms with Gasteiger partial charge in [0.05, 0.1) is 13.2 Å². The molecule has 124 valence electrons. The number of hydrogen-bond donors (Lipinski definition) is 1. The molecule has 1 aliphatic rings. The monoisotopic (exact) mass is 346 g/mol. The van der Waals surface area contributed by atoms with Gasteiger partial charge in [0.25, 0.3) is 10.0 Å². The van der Waals surface area contributed by atoms with E-state index in [0.717, 1.165) is 4.88 Å². The van der Waals surface area contributed by atoms with Gasteiger partial charge in [0.1, 0.15) is 10.3 Å². The first-order valence-corrected chi connectivity index (χ1v) is 9.56. The van der Waals surface area contributed by atoms with Crippen LogP contribution in [0.2, 0.25) is 0 Å². The van der Waals surface area contributed by atoms with E-state index in [2.05, 4.69) is 4.72 Å². The Morgan fingerprint density at radius 3 is 2.45 bits per heavy atom. The minimum Gasteiger partial charge on any atom is -0.378 e. The molecule has 1 aromatic heterocycles. The molecule has 0 unspecified atom stereocenters. The number of aryl methyl sites for hydroxylation is 1. The number of morpholine rings is 1. The molecule has 8 heteroatoms. The highest BCUT2D eigenvalue weighted by molar-refractivity contribution is 7.91. The molecule has 0 bridgehead atoms. The highest BCUT2D eigenvalue weighted by atomic mass is 32.2. The maximum Gasteiger partial charge on any atom is 0.250 e. The van der Waals surface area contributed by atoms with Crippen molar-refractivity contribution >= 4 is 27.3 Å². The van der Waals surface area contributed by atoms with E-state index in [1.165, 1.54) is 11.3 Å². The SMILES string of the molecule is Cc1ccc(S(=O)(=O)N[C@H](C(=O)N2CCOCC2)C(C)C)s1. The van der Waals surface area contributed by atoms with Crippen molar-refractivity contribution in [2.75, 3.05) is 26.3 Å². The molecule has 0 saturated carbocycles. The van der Waals surface area contributed by atoms with E-state index in [-0.39, 0.29) is 16.0 Å². The lowest BCUT2D eigenvalue weighted by Gasteiger charge is -2.32. The van der Waals surface area contributed by atoms with Gasteiger partial charge in [0.2, 0.25) is 5.91 Å². The third kappa shape index (κ3) is 4.07. The molecule has 1 atom stereocenters. The van der Waals surface area contributed by atoms with E-state index in [9.17, 15) is 13.2 Å². The number of thiophene rings is 1. The van der Waals surface area contributed by atoms with Crippen molar-refractivity contribution in [3.8, 4) is 0 Å². The van der Waals surface area contributed by atoms with Crippen LogP contribution in [-0.4, -0.2) is 51.6 Å². The Hall–Kier alpha value is -0.960. The number of amides is 1. The number of carbonyl (C=O) groups is 1. The molecule has 2 heterocycles. The third-order valence-corrected chi connectivity index (χ3v) is 6.45. The number of rotatable bonds is 5. The van der Waals surface area contributed by atoms with Gasteiger partial charge in [-0.25, -0.2) is 8.42 Å². The van der Waals surface area contributed by atoms with E-state index in [1.54, 1.807) is 17.0 Å². The predicted octanol–water partition coefficient (Wildman–Crippen LogP) is 1.22. The Bertz CT molecular complexity index is 619. The number of hydrogen-bond acceptors (Lipinski definition) is 5. The van der Waals surface area contributed by atoms with E-state index in [4.69, 9.17) is 4.74 Å². The molecule has 1 fully saturated rings. The number of carbonyl (C=O) groups excluding carboxylic acids is 1. The van der Waals surface area contributed by atoms with Crippen molar-refractivity contribution in [2.45, 2.75) is 31.0 Å². The number of ether oxygens (including phenoxy) is 1. The fourth-order valence-electron chi connectivity index (χ4n) is 2.23. The molecule has 0 aromatic carbocycles. The second-order valence-electron chi connectivity index (χ2n) is 5.65. The van der Waals surface area contributed by atoms with Crippen LogP contribution in [0.1, 0.15) is 18.7 Å². The van der Waals surface area contributed by atoms with Crippen molar-refractivity contribution in [3.05, 3.63) is 17.0 Å². The smallest absolute Gasteiger partial charge is 0.250 e. The van der Waals surface area contributed by atoms with Crippen LogP contribution in [0, 0.1) is 12.8 Å². The summed E-state index contributed by atoms with van der Waals surface area (Å²) >= 11 is 1.20. The second-order valence-corrected chi connectivity index (χ2v) is 8.87. The van der Waals surface area contributed by atoms with Crippen LogP contribution in [0.15, 0.2) is 16.3 Å². The van der Waals surface area contributed by atoms with E-state index < -0.39 is 16.1 Å². The lowest BCUT2D eigenvalue weighted by Crippen LogP contribution is -2.53. The minimum atomic E-state index is -3.68. The van der Waals surface area contributed by atoms with Gasteiger partial charge in [0, 0.05) is 18.0 Å². The van der Waals surface area contributed by atoms with Crippen LogP contribution >= 0.6 is 11.3 Å².